The van der Waals surface area contributed by atoms with Gasteiger partial charge in [-0.15, -0.1) is 0 Å². The van der Waals surface area contributed by atoms with Crippen molar-refractivity contribution in [1.82, 2.24) is 15.1 Å². The fourth-order valence-electron chi connectivity index (χ4n) is 2.72. The first kappa shape index (κ1) is 17.0. The van der Waals surface area contributed by atoms with Crippen LogP contribution in [0.5, 0.6) is 0 Å². The maximum atomic E-state index is 11.8. The lowest BCUT2D eigenvalue weighted by molar-refractivity contribution is -0.122. The molecular formula is C18H29N3O. The van der Waals surface area contributed by atoms with Crippen LogP contribution in [0.1, 0.15) is 32.3 Å². The van der Waals surface area contributed by atoms with Gasteiger partial charge in [0.25, 0.3) is 0 Å². The number of piperazine rings is 1. The van der Waals surface area contributed by atoms with Gasteiger partial charge in [0.15, 0.2) is 0 Å². The quantitative estimate of drug-likeness (QED) is 0.838. The summed E-state index contributed by atoms with van der Waals surface area (Å²) in [5.74, 6) is 0.182. The van der Waals surface area contributed by atoms with E-state index in [0.717, 1.165) is 45.7 Å². The van der Waals surface area contributed by atoms with Gasteiger partial charge in [0.05, 0.1) is 0 Å². The van der Waals surface area contributed by atoms with Crippen LogP contribution in [-0.2, 0) is 11.3 Å². The maximum absolute atomic E-state index is 11.8. The molecule has 0 spiro atoms. The number of carbonyl (C=O) groups is 1. The summed E-state index contributed by atoms with van der Waals surface area (Å²) in [6.07, 6.45) is 1.60. The van der Waals surface area contributed by atoms with Crippen molar-refractivity contribution in [3.8, 4) is 0 Å². The van der Waals surface area contributed by atoms with Crippen molar-refractivity contribution >= 4 is 5.91 Å². The summed E-state index contributed by atoms with van der Waals surface area (Å²) in [6.45, 7) is 10.3. The van der Waals surface area contributed by atoms with Crippen LogP contribution >= 0.6 is 0 Å². The van der Waals surface area contributed by atoms with E-state index in [-0.39, 0.29) is 11.9 Å². The van der Waals surface area contributed by atoms with Gasteiger partial charge in [-0.3, -0.25) is 9.69 Å². The smallest absolute Gasteiger partial charge is 0.221 e. The molecule has 1 aliphatic heterocycles. The highest BCUT2D eigenvalue weighted by Crippen LogP contribution is 2.08. The van der Waals surface area contributed by atoms with Gasteiger partial charge in [0.1, 0.15) is 0 Å². The van der Waals surface area contributed by atoms with E-state index in [2.05, 4.69) is 59.3 Å². The van der Waals surface area contributed by atoms with Crippen molar-refractivity contribution in [1.29, 1.82) is 0 Å². The summed E-state index contributed by atoms with van der Waals surface area (Å²) in [4.78, 5) is 16.7. The van der Waals surface area contributed by atoms with Gasteiger partial charge in [-0.25, -0.2) is 0 Å². The Morgan fingerprint density at radius 2 is 1.77 bits per heavy atom. The summed E-state index contributed by atoms with van der Waals surface area (Å²) in [5, 5.41) is 3.03. The Labute approximate surface area is 134 Å². The van der Waals surface area contributed by atoms with Gasteiger partial charge in [-0.1, -0.05) is 37.3 Å². The second kappa shape index (κ2) is 8.91. The first-order valence-corrected chi connectivity index (χ1v) is 8.45. The molecule has 1 amide bonds. The number of benzene rings is 1. The lowest BCUT2D eigenvalue weighted by Gasteiger charge is -2.34. The number of hydrogen-bond acceptors (Lipinski definition) is 3. The van der Waals surface area contributed by atoms with Crippen LogP contribution in [0.15, 0.2) is 30.3 Å². The lowest BCUT2D eigenvalue weighted by atomic mass is 10.2. The summed E-state index contributed by atoms with van der Waals surface area (Å²) in [5.41, 5.74) is 1.38. The third kappa shape index (κ3) is 5.78. The molecule has 4 nitrogen and oxygen atoms in total. The van der Waals surface area contributed by atoms with Crippen molar-refractivity contribution in [2.45, 2.75) is 39.3 Å². The SMILES string of the molecule is CCC(C)NC(=O)CCN1CCN(Cc2ccccc2)CC1. The minimum absolute atomic E-state index is 0.182. The monoisotopic (exact) mass is 303 g/mol. The van der Waals surface area contributed by atoms with Crippen LogP contribution < -0.4 is 5.32 Å². The Morgan fingerprint density at radius 1 is 1.14 bits per heavy atom. The van der Waals surface area contributed by atoms with Gasteiger partial charge in [0.2, 0.25) is 5.91 Å². The second-order valence-corrected chi connectivity index (χ2v) is 6.23. The van der Waals surface area contributed by atoms with Crippen molar-refractivity contribution in [2.24, 2.45) is 0 Å². The Morgan fingerprint density at radius 3 is 2.41 bits per heavy atom. The van der Waals surface area contributed by atoms with Crippen molar-refractivity contribution in [2.75, 3.05) is 32.7 Å². The molecule has 4 heteroatoms. The van der Waals surface area contributed by atoms with E-state index in [4.69, 9.17) is 0 Å². The molecule has 1 atom stereocenters. The molecule has 1 fully saturated rings. The van der Waals surface area contributed by atoms with Gasteiger partial charge in [-0.2, -0.15) is 0 Å². The van der Waals surface area contributed by atoms with Crippen LogP contribution in [0.2, 0.25) is 0 Å². The number of carbonyl (C=O) groups excluding carboxylic acids is 1. The summed E-state index contributed by atoms with van der Waals surface area (Å²) >= 11 is 0. The molecule has 2 rings (SSSR count). The molecule has 22 heavy (non-hydrogen) atoms. The van der Waals surface area contributed by atoms with E-state index in [9.17, 15) is 4.79 Å². The third-order valence-corrected chi connectivity index (χ3v) is 4.39. The average molecular weight is 303 g/mol. The molecule has 1 saturated heterocycles. The second-order valence-electron chi connectivity index (χ2n) is 6.23. The van der Waals surface area contributed by atoms with E-state index in [1.54, 1.807) is 0 Å². The Hall–Kier alpha value is -1.39. The highest BCUT2D eigenvalue weighted by molar-refractivity contribution is 5.76. The largest absolute Gasteiger partial charge is 0.354 e. The van der Waals surface area contributed by atoms with Crippen LogP contribution in [0, 0.1) is 0 Å². The maximum Gasteiger partial charge on any atom is 0.221 e. The molecular weight excluding hydrogens is 274 g/mol. The third-order valence-electron chi connectivity index (χ3n) is 4.39. The molecule has 1 aliphatic rings. The van der Waals surface area contributed by atoms with E-state index >= 15 is 0 Å². The zero-order chi connectivity index (χ0) is 15.8. The number of nitrogens with zero attached hydrogens (tertiary/aromatic N) is 2. The Bertz CT molecular complexity index is 441. The molecule has 0 radical (unpaired) electrons. The minimum Gasteiger partial charge on any atom is -0.354 e. The molecule has 1 aromatic carbocycles. The standard InChI is InChI=1S/C18H29N3O/c1-3-16(2)19-18(22)9-10-20-11-13-21(14-12-20)15-17-7-5-4-6-8-17/h4-8,16H,3,9-15H2,1-2H3,(H,19,22). The number of hydrogen-bond donors (Lipinski definition) is 1. The first-order valence-electron chi connectivity index (χ1n) is 8.45. The van der Waals surface area contributed by atoms with E-state index in [1.807, 2.05) is 0 Å². The van der Waals surface area contributed by atoms with Crippen LogP contribution in [0.25, 0.3) is 0 Å². The molecule has 0 bridgehead atoms. The van der Waals surface area contributed by atoms with Crippen LogP contribution in [-0.4, -0.2) is 54.5 Å². The topological polar surface area (TPSA) is 35.6 Å². The molecule has 1 aromatic rings. The minimum atomic E-state index is 0.182. The molecule has 1 N–H and O–H groups in total. The summed E-state index contributed by atoms with van der Waals surface area (Å²) in [6, 6.07) is 10.9. The zero-order valence-corrected chi connectivity index (χ0v) is 13.9. The summed E-state index contributed by atoms with van der Waals surface area (Å²) < 4.78 is 0. The Balaban J connectivity index is 1.64. The van der Waals surface area contributed by atoms with E-state index in [0.29, 0.717) is 6.42 Å². The molecule has 1 heterocycles. The van der Waals surface area contributed by atoms with Crippen molar-refractivity contribution in [3.05, 3.63) is 35.9 Å². The highest BCUT2D eigenvalue weighted by atomic mass is 16.1. The molecule has 122 valence electrons. The van der Waals surface area contributed by atoms with E-state index < -0.39 is 0 Å². The fourth-order valence-corrected chi connectivity index (χ4v) is 2.72. The fraction of sp³-hybridized carbons (Fsp3) is 0.611. The molecule has 0 aliphatic carbocycles. The number of amides is 1. The molecule has 0 aromatic heterocycles. The van der Waals surface area contributed by atoms with Gasteiger partial charge in [-0.05, 0) is 18.9 Å². The Kier molecular flexibility index (Phi) is 6.87. The predicted octanol–water partition coefficient (Wildman–Crippen LogP) is 2.11. The van der Waals surface area contributed by atoms with E-state index in [1.165, 1.54) is 5.56 Å². The van der Waals surface area contributed by atoms with Crippen LogP contribution in [0.3, 0.4) is 0 Å². The van der Waals surface area contributed by atoms with Gasteiger partial charge >= 0.3 is 0 Å². The highest BCUT2D eigenvalue weighted by Gasteiger charge is 2.17. The predicted molar refractivity (Wildman–Crippen MR) is 90.7 cm³/mol. The number of rotatable bonds is 7. The van der Waals surface area contributed by atoms with Crippen molar-refractivity contribution in [3.63, 3.8) is 0 Å². The molecule has 0 saturated carbocycles. The zero-order valence-electron chi connectivity index (χ0n) is 13.9. The van der Waals surface area contributed by atoms with Crippen LogP contribution in [0.4, 0.5) is 0 Å². The summed E-state index contributed by atoms with van der Waals surface area (Å²) in [7, 11) is 0. The molecule has 1 unspecified atom stereocenters. The average Bonchev–Trinajstić information content (AvgIpc) is 2.55. The van der Waals surface area contributed by atoms with Crippen molar-refractivity contribution < 1.29 is 4.79 Å². The van der Waals surface area contributed by atoms with Gasteiger partial charge in [0, 0.05) is 51.7 Å². The normalized spacial score (nSPS) is 18.1. The first-order chi connectivity index (χ1) is 10.7. The van der Waals surface area contributed by atoms with Gasteiger partial charge < -0.3 is 10.2 Å². The number of nitrogens with one attached hydrogen (secondary N) is 1. The lowest BCUT2D eigenvalue weighted by Crippen LogP contribution is -2.47.